The van der Waals surface area contributed by atoms with Crippen molar-refractivity contribution >= 4 is 35.4 Å². The van der Waals surface area contributed by atoms with Crippen molar-refractivity contribution in [1.82, 2.24) is 5.43 Å². The standard InChI is InChI=1S/C21H15N5O5/c27-21(24-23-14-16-7-11-18(12-8-16)26(30)31)19-3-1-2-4-20(19)22-13-15-5-9-17(10-6-15)25(28)29/h1-14H,(H,24,27). The minimum atomic E-state index is -0.503. The van der Waals surface area contributed by atoms with Crippen molar-refractivity contribution in [3.63, 3.8) is 0 Å². The number of amides is 1. The average Bonchev–Trinajstić information content (AvgIpc) is 2.78. The van der Waals surface area contributed by atoms with Gasteiger partial charge in [-0.05, 0) is 47.5 Å². The van der Waals surface area contributed by atoms with Gasteiger partial charge < -0.3 is 0 Å². The molecule has 0 heterocycles. The maximum absolute atomic E-state index is 12.5. The molecule has 0 atom stereocenters. The van der Waals surface area contributed by atoms with E-state index in [4.69, 9.17) is 0 Å². The van der Waals surface area contributed by atoms with Crippen LogP contribution in [-0.4, -0.2) is 28.2 Å². The fourth-order valence-corrected chi connectivity index (χ4v) is 2.51. The lowest BCUT2D eigenvalue weighted by Gasteiger charge is -2.04. The Kier molecular flexibility index (Phi) is 6.54. The summed E-state index contributed by atoms with van der Waals surface area (Å²) in [6.45, 7) is 0. The third-order valence-electron chi connectivity index (χ3n) is 4.09. The molecule has 0 aliphatic rings. The Hall–Kier alpha value is -4.73. The molecule has 0 bridgehead atoms. The van der Waals surface area contributed by atoms with E-state index in [1.54, 1.807) is 36.4 Å². The van der Waals surface area contributed by atoms with Gasteiger partial charge in [-0.15, -0.1) is 0 Å². The van der Waals surface area contributed by atoms with Gasteiger partial charge in [-0.3, -0.25) is 30.0 Å². The Morgan fingerprint density at radius 3 is 1.84 bits per heavy atom. The summed E-state index contributed by atoms with van der Waals surface area (Å²) >= 11 is 0. The molecule has 0 unspecified atom stereocenters. The third-order valence-corrected chi connectivity index (χ3v) is 4.09. The lowest BCUT2D eigenvalue weighted by atomic mass is 10.1. The van der Waals surface area contributed by atoms with Gasteiger partial charge in [0, 0.05) is 30.5 Å². The van der Waals surface area contributed by atoms with E-state index < -0.39 is 15.8 Å². The number of aliphatic imine (C=N–C) groups is 1. The minimum Gasteiger partial charge on any atom is -0.267 e. The Morgan fingerprint density at radius 2 is 1.29 bits per heavy atom. The van der Waals surface area contributed by atoms with Crippen LogP contribution in [0.15, 0.2) is 82.9 Å². The highest BCUT2D eigenvalue weighted by molar-refractivity contribution is 6.00. The summed E-state index contributed by atoms with van der Waals surface area (Å²) in [4.78, 5) is 37.2. The van der Waals surface area contributed by atoms with Crippen molar-refractivity contribution in [2.24, 2.45) is 10.1 Å². The second-order valence-electron chi connectivity index (χ2n) is 6.17. The van der Waals surface area contributed by atoms with E-state index in [0.717, 1.165) is 0 Å². The molecule has 154 valence electrons. The fraction of sp³-hybridized carbons (Fsp3) is 0. The van der Waals surface area contributed by atoms with Crippen LogP contribution in [0.1, 0.15) is 21.5 Å². The number of benzene rings is 3. The molecule has 10 heteroatoms. The first kappa shape index (κ1) is 21.0. The molecule has 31 heavy (non-hydrogen) atoms. The number of nitro benzene ring substituents is 2. The number of nitrogens with zero attached hydrogens (tertiary/aromatic N) is 4. The van der Waals surface area contributed by atoms with Gasteiger partial charge in [-0.2, -0.15) is 5.10 Å². The third kappa shape index (κ3) is 5.64. The predicted molar refractivity (Wildman–Crippen MR) is 115 cm³/mol. The first-order chi connectivity index (χ1) is 14.9. The Bertz CT molecular complexity index is 1170. The number of hydrazone groups is 1. The molecule has 0 aromatic heterocycles. The molecule has 3 aromatic carbocycles. The van der Waals surface area contributed by atoms with Crippen LogP contribution in [0.25, 0.3) is 0 Å². The van der Waals surface area contributed by atoms with Gasteiger partial charge >= 0.3 is 0 Å². The highest BCUT2D eigenvalue weighted by Gasteiger charge is 2.09. The number of hydrogen-bond acceptors (Lipinski definition) is 7. The maximum atomic E-state index is 12.5. The van der Waals surface area contributed by atoms with Crippen molar-refractivity contribution in [2.45, 2.75) is 0 Å². The Balaban J connectivity index is 1.69. The average molecular weight is 417 g/mol. The number of non-ortho nitro benzene ring substituents is 2. The molecule has 0 saturated carbocycles. The summed E-state index contributed by atoms with van der Waals surface area (Å²) in [6, 6.07) is 18.2. The topological polar surface area (TPSA) is 140 Å². The molecule has 0 radical (unpaired) electrons. The summed E-state index contributed by atoms with van der Waals surface area (Å²) in [5.41, 5.74) is 4.21. The van der Waals surface area contributed by atoms with Crippen molar-refractivity contribution in [3.05, 3.63) is 110 Å². The number of hydrogen-bond donors (Lipinski definition) is 1. The second kappa shape index (κ2) is 9.65. The predicted octanol–water partition coefficient (Wildman–Crippen LogP) is 4.02. The van der Waals surface area contributed by atoms with Crippen LogP contribution in [0.2, 0.25) is 0 Å². The van der Waals surface area contributed by atoms with E-state index >= 15 is 0 Å². The van der Waals surface area contributed by atoms with Gasteiger partial charge in [0.1, 0.15) is 0 Å². The summed E-state index contributed by atoms with van der Waals surface area (Å²) < 4.78 is 0. The first-order valence-electron chi connectivity index (χ1n) is 8.89. The van der Waals surface area contributed by atoms with Crippen LogP contribution in [0.3, 0.4) is 0 Å². The molecule has 0 saturated heterocycles. The van der Waals surface area contributed by atoms with Crippen LogP contribution in [0, 0.1) is 20.2 Å². The molecule has 0 aliphatic heterocycles. The largest absolute Gasteiger partial charge is 0.273 e. The van der Waals surface area contributed by atoms with E-state index in [2.05, 4.69) is 15.5 Å². The number of rotatable bonds is 7. The number of nitrogens with one attached hydrogen (secondary N) is 1. The molecule has 3 aromatic rings. The monoisotopic (exact) mass is 417 g/mol. The molecule has 3 rings (SSSR count). The molecular weight excluding hydrogens is 402 g/mol. The number of nitro groups is 2. The Labute approximate surface area is 175 Å². The van der Waals surface area contributed by atoms with E-state index in [-0.39, 0.29) is 16.9 Å². The van der Waals surface area contributed by atoms with E-state index in [0.29, 0.717) is 16.8 Å². The summed E-state index contributed by atoms with van der Waals surface area (Å²) in [6.07, 6.45) is 2.86. The zero-order valence-electron chi connectivity index (χ0n) is 15.9. The maximum Gasteiger partial charge on any atom is 0.273 e. The molecule has 1 amide bonds. The molecule has 10 nitrogen and oxygen atoms in total. The van der Waals surface area contributed by atoms with Crippen LogP contribution < -0.4 is 5.43 Å². The highest BCUT2D eigenvalue weighted by atomic mass is 16.6. The van der Waals surface area contributed by atoms with Gasteiger partial charge in [0.2, 0.25) is 0 Å². The molecule has 0 aliphatic carbocycles. The van der Waals surface area contributed by atoms with Crippen LogP contribution in [-0.2, 0) is 0 Å². The van der Waals surface area contributed by atoms with Crippen molar-refractivity contribution in [1.29, 1.82) is 0 Å². The van der Waals surface area contributed by atoms with E-state index in [9.17, 15) is 25.0 Å². The highest BCUT2D eigenvalue weighted by Crippen LogP contribution is 2.19. The van der Waals surface area contributed by atoms with Gasteiger partial charge in [0.25, 0.3) is 17.3 Å². The zero-order chi connectivity index (χ0) is 22.2. The van der Waals surface area contributed by atoms with Gasteiger partial charge in [0.15, 0.2) is 0 Å². The molecule has 1 N–H and O–H groups in total. The quantitative estimate of drug-likeness (QED) is 0.351. The second-order valence-corrected chi connectivity index (χ2v) is 6.17. The minimum absolute atomic E-state index is 0.0252. The SMILES string of the molecule is O=C(NN=Cc1ccc([N+](=O)[O-])cc1)c1ccccc1N=Cc1ccc([N+](=O)[O-])cc1. The number of para-hydroxylation sites is 1. The smallest absolute Gasteiger partial charge is 0.267 e. The summed E-state index contributed by atoms with van der Waals surface area (Å²) in [5.74, 6) is -0.491. The van der Waals surface area contributed by atoms with Crippen molar-refractivity contribution < 1.29 is 14.6 Å². The van der Waals surface area contributed by atoms with Crippen LogP contribution in [0.4, 0.5) is 17.1 Å². The fourth-order valence-electron chi connectivity index (χ4n) is 2.51. The van der Waals surface area contributed by atoms with Gasteiger partial charge in [-0.1, -0.05) is 12.1 Å². The lowest BCUT2D eigenvalue weighted by molar-refractivity contribution is -0.385. The van der Waals surface area contributed by atoms with Crippen LogP contribution >= 0.6 is 0 Å². The Morgan fingerprint density at radius 1 is 0.774 bits per heavy atom. The van der Waals surface area contributed by atoms with Gasteiger partial charge in [0.05, 0.1) is 27.3 Å². The van der Waals surface area contributed by atoms with E-state index in [1.807, 2.05) is 0 Å². The summed E-state index contributed by atoms with van der Waals surface area (Å²) in [7, 11) is 0. The molecular formula is C21H15N5O5. The number of carbonyl (C=O) groups is 1. The van der Waals surface area contributed by atoms with E-state index in [1.165, 1.54) is 48.8 Å². The van der Waals surface area contributed by atoms with Crippen molar-refractivity contribution in [2.75, 3.05) is 0 Å². The van der Waals surface area contributed by atoms with Crippen LogP contribution in [0.5, 0.6) is 0 Å². The number of carbonyl (C=O) groups excluding carboxylic acids is 1. The first-order valence-corrected chi connectivity index (χ1v) is 8.89. The normalized spacial score (nSPS) is 11.0. The summed E-state index contributed by atoms with van der Waals surface area (Å²) in [5, 5.41) is 25.3. The van der Waals surface area contributed by atoms with Gasteiger partial charge in [-0.25, -0.2) is 5.43 Å². The zero-order valence-corrected chi connectivity index (χ0v) is 15.9. The molecule has 0 fully saturated rings. The van der Waals surface area contributed by atoms with Crippen molar-refractivity contribution in [3.8, 4) is 0 Å². The molecule has 0 spiro atoms. The lowest BCUT2D eigenvalue weighted by Crippen LogP contribution is -2.17.